The summed E-state index contributed by atoms with van der Waals surface area (Å²) in [6, 6.07) is 14.3. The van der Waals surface area contributed by atoms with Gasteiger partial charge in [0.1, 0.15) is 24.2 Å². The van der Waals surface area contributed by atoms with Crippen molar-refractivity contribution >= 4 is 17.3 Å². The molecule has 0 bridgehead atoms. The molecule has 0 saturated carbocycles. The van der Waals surface area contributed by atoms with Crippen molar-refractivity contribution in [2.75, 3.05) is 13.1 Å². The number of likely N-dealkylation sites (tertiary alicyclic amines) is 1. The Hall–Kier alpha value is -2.87. The van der Waals surface area contributed by atoms with Gasteiger partial charge in [-0.1, -0.05) is 24.3 Å². The zero-order valence-electron chi connectivity index (χ0n) is 17.5. The summed E-state index contributed by atoms with van der Waals surface area (Å²) in [6.07, 6.45) is 2.18. The molecule has 1 fully saturated rings. The monoisotopic (exact) mass is 424 g/mol. The molecule has 1 aliphatic heterocycles. The smallest absolute Gasteiger partial charge is 0.194 e. The number of guanidine groups is 1. The lowest BCUT2D eigenvalue weighted by atomic mass is 10.1. The van der Waals surface area contributed by atoms with E-state index in [-0.39, 0.29) is 6.10 Å². The van der Waals surface area contributed by atoms with Crippen LogP contribution in [0.15, 0.2) is 52.8 Å². The van der Waals surface area contributed by atoms with Gasteiger partial charge in [0.2, 0.25) is 0 Å². The summed E-state index contributed by atoms with van der Waals surface area (Å²) < 4.78 is 8.13. The molecule has 0 amide bonds. The molecule has 1 saturated heterocycles. The van der Waals surface area contributed by atoms with Gasteiger partial charge >= 0.3 is 0 Å². The molecule has 0 spiro atoms. The van der Waals surface area contributed by atoms with Gasteiger partial charge in [-0.2, -0.15) is 0 Å². The third kappa shape index (κ3) is 5.18. The minimum atomic E-state index is 0.239. The van der Waals surface area contributed by atoms with Crippen LogP contribution in [0.25, 0.3) is 0 Å². The highest BCUT2D eigenvalue weighted by molar-refractivity contribution is 7.09. The quantitative estimate of drug-likeness (QED) is 0.485. The van der Waals surface area contributed by atoms with Crippen LogP contribution in [0.4, 0.5) is 0 Å². The number of aromatic nitrogens is 3. The summed E-state index contributed by atoms with van der Waals surface area (Å²) in [6.45, 7) is 5.05. The van der Waals surface area contributed by atoms with Gasteiger partial charge in [0.15, 0.2) is 11.8 Å². The summed E-state index contributed by atoms with van der Waals surface area (Å²) in [5.74, 6) is 3.62. The van der Waals surface area contributed by atoms with Gasteiger partial charge in [-0.25, -0.2) is 4.99 Å². The number of aliphatic imine (C=N–C) groups is 1. The standard InChI is InChI=1S/C22H28N6OS/c1-17-25-26-21(27(17)2)16-24-22(23-15-20-9-6-14-30-20)28-12-10-19(11-13-28)29-18-7-4-3-5-8-18/h3-9,14,19H,10-13,15-16H2,1-2H3,(H,23,24). The maximum atomic E-state index is 6.14. The lowest BCUT2D eigenvalue weighted by Gasteiger charge is -2.34. The fourth-order valence-electron chi connectivity index (χ4n) is 3.46. The second-order valence-electron chi connectivity index (χ2n) is 7.41. The SMILES string of the molecule is Cc1nnc(CN=C(NCc2cccs2)N2CCC(Oc3ccccc3)CC2)n1C. The van der Waals surface area contributed by atoms with Crippen LogP contribution in [0.2, 0.25) is 0 Å². The first-order valence-corrected chi connectivity index (χ1v) is 11.2. The Morgan fingerprint density at radius 2 is 1.97 bits per heavy atom. The Bertz CT molecular complexity index is 945. The Morgan fingerprint density at radius 3 is 2.63 bits per heavy atom. The van der Waals surface area contributed by atoms with Crippen LogP contribution in [0, 0.1) is 6.92 Å². The molecule has 0 atom stereocenters. The first-order chi connectivity index (χ1) is 14.7. The van der Waals surface area contributed by atoms with Gasteiger partial charge < -0.3 is 19.5 Å². The summed E-state index contributed by atoms with van der Waals surface area (Å²) in [5.41, 5.74) is 0. The summed E-state index contributed by atoms with van der Waals surface area (Å²) in [4.78, 5) is 8.48. The predicted molar refractivity (Wildman–Crippen MR) is 120 cm³/mol. The first kappa shape index (κ1) is 20.4. The van der Waals surface area contributed by atoms with E-state index in [9.17, 15) is 0 Å². The molecule has 0 radical (unpaired) electrons. The molecular formula is C22H28N6OS. The van der Waals surface area contributed by atoms with Gasteiger partial charge in [-0.3, -0.25) is 0 Å². The molecule has 1 aliphatic rings. The predicted octanol–water partition coefficient (Wildman–Crippen LogP) is 3.37. The third-order valence-electron chi connectivity index (χ3n) is 5.34. The maximum Gasteiger partial charge on any atom is 0.194 e. The number of hydrogen-bond donors (Lipinski definition) is 1. The van der Waals surface area contributed by atoms with Crippen molar-refractivity contribution < 1.29 is 4.74 Å². The molecule has 158 valence electrons. The lowest BCUT2D eigenvalue weighted by Crippen LogP contribution is -2.47. The number of nitrogens with one attached hydrogen (secondary N) is 1. The van der Waals surface area contributed by atoms with Crippen molar-refractivity contribution in [3.05, 3.63) is 64.4 Å². The molecular weight excluding hydrogens is 396 g/mol. The van der Waals surface area contributed by atoms with Crippen molar-refractivity contribution in [3.63, 3.8) is 0 Å². The molecule has 1 aromatic carbocycles. The molecule has 0 aliphatic carbocycles. The molecule has 1 N–H and O–H groups in total. The Balaban J connectivity index is 1.40. The van der Waals surface area contributed by atoms with Gasteiger partial charge in [0.05, 0.1) is 6.54 Å². The van der Waals surface area contributed by atoms with Crippen LogP contribution < -0.4 is 10.1 Å². The number of para-hydroxylation sites is 1. The van der Waals surface area contributed by atoms with Crippen LogP contribution in [0.1, 0.15) is 29.4 Å². The first-order valence-electron chi connectivity index (χ1n) is 10.3. The zero-order valence-corrected chi connectivity index (χ0v) is 18.3. The van der Waals surface area contributed by atoms with Crippen molar-refractivity contribution in [1.29, 1.82) is 0 Å². The molecule has 2 aromatic heterocycles. The molecule has 30 heavy (non-hydrogen) atoms. The average molecular weight is 425 g/mol. The van der Waals surface area contributed by atoms with Crippen molar-refractivity contribution in [2.24, 2.45) is 12.0 Å². The fraction of sp³-hybridized carbons (Fsp3) is 0.409. The third-order valence-corrected chi connectivity index (χ3v) is 6.22. The fourth-order valence-corrected chi connectivity index (χ4v) is 4.10. The molecule has 3 aromatic rings. The summed E-state index contributed by atoms with van der Waals surface area (Å²) >= 11 is 1.75. The lowest BCUT2D eigenvalue weighted by molar-refractivity contribution is 0.129. The van der Waals surface area contributed by atoms with E-state index < -0.39 is 0 Å². The van der Waals surface area contributed by atoms with Gasteiger partial charge in [-0.15, -0.1) is 21.5 Å². The summed E-state index contributed by atoms with van der Waals surface area (Å²) in [5, 5.41) is 14.0. The highest BCUT2D eigenvalue weighted by Crippen LogP contribution is 2.19. The van der Waals surface area contributed by atoms with Gasteiger partial charge in [0.25, 0.3) is 0 Å². The van der Waals surface area contributed by atoms with Crippen LogP contribution in [-0.2, 0) is 20.1 Å². The number of piperidine rings is 1. The van der Waals surface area contributed by atoms with Crippen LogP contribution in [-0.4, -0.2) is 44.8 Å². The van der Waals surface area contributed by atoms with E-state index in [2.05, 4.69) is 37.9 Å². The Kier molecular flexibility index (Phi) is 6.63. The molecule has 3 heterocycles. The van der Waals surface area contributed by atoms with Gasteiger partial charge in [0, 0.05) is 37.9 Å². The van der Waals surface area contributed by atoms with E-state index in [1.165, 1.54) is 4.88 Å². The molecule has 7 nitrogen and oxygen atoms in total. The van der Waals surface area contributed by atoms with Crippen molar-refractivity contribution in [3.8, 4) is 5.75 Å². The van der Waals surface area contributed by atoms with E-state index in [1.54, 1.807) is 11.3 Å². The largest absolute Gasteiger partial charge is 0.490 e. The minimum Gasteiger partial charge on any atom is -0.490 e. The topological polar surface area (TPSA) is 67.6 Å². The van der Waals surface area contributed by atoms with E-state index >= 15 is 0 Å². The second kappa shape index (κ2) is 9.75. The Labute approximate surface area is 181 Å². The number of ether oxygens (including phenoxy) is 1. The number of aryl methyl sites for hydroxylation is 1. The number of nitrogens with zero attached hydrogens (tertiary/aromatic N) is 5. The number of benzene rings is 1. The average Bonchev–Trinajstić information content (AvgIpc) is 3.40. The minimum absolute atomic E-state index is 0.239. The normalized spacial score (nSPS) is 15.4. The van der Waals surface area contributed by atoms with Crippen LogP contribution in [0.5, 0.6) is 5.75 Å². The number of rotatable bonds is 6. The van der Waals surface area contributed by atoms with Gasteiger partial charge in [-0.05, 0) is 30.5 Å². The van der Waals surface area contributed by atoms with E-state index in [4.69, 9.17) is 9.73 Å². The maximum absolute atomic E-state index is 6.14. The highest BCUT2D eigenvalue weighted by atomic mass is 32.1. The van der Waals surface area contributed by atoms with E-state index in [1.807, 2.05) is 48.9 Å². The number of thiophene rings is 1. The van der Waals surface area contributed by atoms with E-state index in [0.717, 1.165) is 55.8 Å². The van der Waals surface area contributed by atoms with Crippen molar-refractivity contribution in [2.45, 2.75) is 39.0 Å². The molecule has 8 heteroatoms. The van der Waals surface area contributed by atoms with E-state index in [0.29, 0.717) is 6.54 Å². The zero-order chi connectivity index (χ0) is 20.8. The number of hydrogen-bond acceptors (Lipinski definition) is 5. The summed E-state index contributed by atoms with van der Waals surface area (Å²) in [7, 11) is 1.98. The Morgan fingerprint density at radius 1 is 1.17 bits per heavy atom. The molecule has 0 unspecified atom stereocenters. The van der Waals surface area contributed by atoms with Crippen molar-refractivity contribution in [1.82, 2.24) is 25.0 Å². The highest BCUT2D eigenvalue weighted by Gasteiger charge is 2.23. The molecule has 4 rings (SSSR count). The van der Waals surface area contributed by atoms with Crippen LogP contribution in [0.3, 0.4) is 0 Å². The van der Waals surface area contributed by atoms with Crippen LogP contribution >= 0.6 is 11.3 Å². The second-order valence-corrected chi connectivity index (χ2v) is 8.44.